The molecule has 0 aromatic carbocycles. The molecule has 3 heteroatoms. The Bertz CT molecular complexity index is 157. The van der Waals surface area contributed by atoms with E-state index in [1.165, 1.54) is 0 Å². The van der Waals surface area contributed by atoms with E-state index < -0.39 is 0 Å². The van der Waals surface area contributed by atoms with Gasteiger partial charge in [-0.15, -0.1) is 0 Å². The molecule has 0 saturated carbocycles. The minimum Gasteiger partial charge on any atom is -0.379 e. The highest BCUT2D eigenvalue weighted by molar-refractivity contribution is 4.59. The molecule has 0 aliphatic heterocycles. The summed E-state index contributed by atoms with van der Waals surface area (Å²) in [7, 11) is 0. The molecule has 0 rings (SSSR count). The van der Waals surface area contributed by atoms with Crippen molar-refractivity contribution in [2.24, 2.45) is 10.8 Å². The highest BCUT2D eigenvalue weighted by Gasteiger charge is 2.10. The first-order valence-electron chi connectivity index (χ1n) is 6.44. The summed E-state index contributed by atoms with van der Waals surface area (Å²) >= 11 is 0. The average molecular weight is 246 g/mol. The molecule has 0 aliphatic carbocycles. The standard InChI is InChI=1S/C14H30O3/c1-13(2,3)11-16-9-7-15-8-10-17-12-14(4,5)6/h7-12H2,1-6H3. The number of hydrogen-bond acceptors (Lipinski definition) is 3. The van der Waals surface area contributed by atoms with E-state index in [1.54, 1.807) is 0 Å². The van der Waals surface area contributed by atoms with E-state index in [-0.39, 0.29) is 10.8 Å². The summed E-state index contributed by atoms with van der Waals surface area (Å²) < 4.78 is 16.4. The first-order valence-corrected chi connectivity index (χ1v) is 6.44. The lowest BCUT2D eigenvalue weighted by Gasteiger charge is -2.18. The molecule has 17 heavy (non-hydrogen) atoms. The van der Waals surface area contributed by atoms with E-state index >= 15 is 0 Å². The number of ether oxygens (including phenoxy) is 3. The summed E-state index contributed by atoms with van der Waals surface area (Å²) in [6, 6.07) is 0. The summed E-state index contributed by atoms with van der Waals surface area (Å²) in [5, 5.41) is 0. The molecule has 0 N–H and O–H groups in total. The maximum atomic E-state index is 5.49. The number of hydrogen-bond donors (Lipinski definition) is 0. The van der Waals surface area contributed by atoms with Crippen molar-refractivity contribution in [2.45, 2.75) is 41.5 Å². The van der Waals surface area contributed by atoms with Crippen molar-refractivity contribution in [3.63, 3.8) is 0 Å². The fourth-order valence-electron chi connectivity index (χ4n) is 1.09. The molecule has 0 aliphatic rings. The van der Waals surface area contributed by atoms with Crippen molar-refractivity contribution >= 4 is 0 Å². The Balaban J connectivity index is 3.15. The van der Waals surface area contributed by atoms with Crippen LogP contribution in [-0.2, 0) is 14.2 Å². The van der Waals surface area contributed by atoms with Crippen molar-refractivity contribution in [3.05, 3.63) is 0 Å². The van der Waals surface area contributed by atoms with Gasteiger partial charge in [0.2, 0.25) is 0 Å². The predicted octanol–water partition coefficient (Wildman–Crippen LogP) is 3.13. The normalized spacial score (nSPS) is 13.1. The van der Waals surface area contributed by atoms with Gasteiger partial charge in [-0.25, -0.2) is 0 Å². The van der Waals surface area contributed by atoms with E-state index in [2.05, 4.69) is 41.5 Å². The molecular weight excluding hydrogens is 216 g/mol. The highest BCUT2D eigenvalue weighted by Crippen LogP contribution is 2.13. The molecule has 0 saturated heterocycles. The molecule has 0 radical (unpaired) electrons. The first kappa shape index (κ1) is 16.9. The lowest BCUT2D eigenvalue weighted by atomic mass is 9.99. The molecule has 104 valence electrons. The van der Waals surface area contributed by atoms with Gasteiger partial charge in [0.25, 0.3) is 0 Å². The van der Waals surface area contributed by atoms with Gasteiger partial charge < -0.3 is 14.2 Å². The van der Waals surface area contributed by atoms with Gasteiger partial charge in [-0.2, -0.15) is 0 Å². The minimum atomic E-state index is 0.232. The fraction of sp³-hybridized carbons (Fsp3) is 1.00. The summed E-state index contributed by atoms with van der Waals surface area (Å²) in [5.41, 5.74) is 0.464. The van der Waals surface area contributed by atoms with E-state index in [9.17, 15) is 0 Å². The average Bonchev–Trinajstić information content (AvgIpc) is 2.11. The van der Waals surface area contributed by atoms with Crippen molar-refractivity contribution < 1.29 is 14.2 Å². The third kappa shape index (κ3) is 15.9. The number of rotatable bonds is 8. The van der Waals surface area contributed by atoms with Gasteiger partial charge in [0, 0.05) is 0 Å². The SMILES string of the molecule is CC(C)(C)COCCOCCOCC(C)(C)C. The van der Waals surface area contributed by atoms with Crippen LogP contribution in [0.3, 0.4) is 0 Å². The van der Waals surface area contributed by atoms with Crippen LogP contribution in [0.25, 0.3) is 0 Å². The van der Waals surface area contributed by atoms with Gasteiger partial charge in [0.05, 0.1) is 39.6 Å². The second kappa shape index (κ2) is 8.06. The first-order chi connectivity index (χ1) is 7.71. The zero-order valence-electron chi connectivity index (χ0n) is 12.5. The lowest BCUT2D eigenvalue weighted by molar-refractivity contribution is -0.0107. The molecule has 0 amide bonds. The van der Waals surface area contributed by atoms with Gasteiger partial charge >= 0.3 is 0 Å². The molecule has 0 aromatic heterocycles. The van der Waals surface area contributed by atoms with Crippen molar-refractivity contribution in [3.8, 4) is 0 Å². The minimum absolute atomic E-state index is 0.232. The lowest BCUT2D eigenvalue weighted by Crippen LogP contribution is -2.19. The monoisotopic (exact) mass is 246 g/mol. The predicted molar refractivity (Wildman–Crippen MR) is 71.4 cm³/mol. The third-order valence-electron chi connectivity index (χ3n) is 1.81. The van der Waals surface area contributed by atoms with Gasteiger partial charge in [-0.05, 0) is 10.8 Å². The van der Waals surface area contributed by atoms with Gasteiger partial charge in [-0.3, -0.25) is 0 Å². The molecular formula is C14H30O3. The molecule has 3 nitrogen and oxygen atoms in total. The van der Waals surface area contributed by atoms with E-state index in [4.69, 9.17) is 14.2 Å². The van der Waals surface area contributed by atoms with Crippen LogP contribution >= 0.6 is 0 Å². The Morgan fingerprint density at radius 2 is 0.824 bits per heavy atom. The molecule has 0 heterocycles. The Hall–Kier alpha value is -0.120. The maximum absolute atomic E-state index is 5.49. The summed E-state index contributed by atoms with van der Waals surface area (Å²) in [5.74, 6) is 0. The van der Waals surface area contributed by atoms with Crippen LogP contribution < -0.4 is 0 Å². The van der Waals surface area contributed by atoms with E-state index in [1.807, 2.05) is 0 Å². The Morgan fingerprint density at radius 1 is 0.529 bits per heavy atom. The van der Waals surface area contributed by atoms with Crippen LogP contribution in [0.15, 0.2) is 0 Å². The van der Waals surface area contributed by atoms with Crippen LogP contribution in [0, 0.1) is 10.8 Å². The van der Waals surface area contributed by atoms with Crippen LogP contribution in [0.1, 0.15) is 41.5 Å². The molecule has 0 unspecified atom stereocenters. The van der Waals surface area contributed by atoms with Gasteiger partial charge in [0.15, 0.2) is 0 Å². The quantitative estimate of drug-likeness (QED) is 0.616. The molecule has 0 fully saturated rings. The Morgan fingerprint density at radius 3 is 1.12 bits per heavy atom. The topological polar surface area (TPSA) is 27.7 Å². The molecule has 0 spiro atoms. The van der Waals surface area contributed by atoms with Crippen LogP contribution in [-0.4, -0.2) is 39.6 Å². The van der Waals surface area contributed by atoms with Crippen LogP contribution in [0.4, 0.5) is 0 Å². The van der Waals surface area contributed by atoms with Crippen LogP contribution in [0.5, 0.6) is 0 Å². The molecule has 0 bridgehead atoms. The Labute approximate surface area is 107 Å². The summed E-state index contributed by atoms with van der Waals surface area (Å²) in [6.45, 7) is 17.1. The smallest absolute Gasteiger partial charge is 0.0701 e. The summed E-state index contributed by atoms with van der Waals surface area (Å²) in [6.07, 6.45) is 0. The van der Waals surface area contributed by atoms with Gasteiger partial charge in [-0.1, -0.05) is 41.5 Å². The zero-order chi connectivity index (χ0) is 13.4. The van der Waals surface area contributed by atoms with Gasteiger partial charge in [0.1, 0.15) is 0 Å². The largest absolute Gasteiger partial charge is 0.379 e. The molecule has 0 aromatic rings. The maximum Gasteiger partial charge on any atom is 0.0701 e. The Kier molecular flexibility index (Phi) is 8.01. The second-order valence-electron chi connectivity index (χ2n) is 6.84. The summed E-state index contributed by atoms with van der Waals surface area (Å²) in [4.78, 5) is 0. The highest BCUT2D eigenvalue weighted by atomic mass is 16.5. The van der Waals surface area contributed by atoms with E-state index in [0.717, 1.165) is 13.2 Å². The fourth-order valence-corrected chi connectivity index (χ4v) is 1.09. The van der Waals surface area contributed by atoms with Crippen molar-refractivity contribution in [2.75, 3.05) is 39.6 Å². The molecule has 0 atom stereocenters. The van der Waals surface area contributed by atoms with E-state index in [0.29, 0.717) is 26.4 Å². The zero-order valence-corrected chi connectivity index (χ0v) is 12.5. The van der Waals surface area contributed by atoms with Crippen molar-refractivity contribution in [1.82, 2.24) is 0 Å². The van der Waals surface area contributed by atoms with Crippen LogP contribution in [0.2, 0.25) is 0 Å². The van der Waals surface area contributed by atoms with Crippen molar-refractivity contribution in [1.29, 1.82) is 0 Å². The second-order valence-corrected chi connectivity index (χ2v) is 6.84. The third-order valence-corrected chi connectivity index (χ3v) is 1.81.